The van der Waals surface area contributed by atoms with Gasteiger partial charge in [0.2, 0.25) is 5.95 Å². The number of amides is 1. The Bertz CT molecular complexity index is 713. The summed E-state index contributed by atoms with van der Waals surface area (Å²) in [6, 6.07) is 7.49. The number of carbonyl (C=O) groups excluding carboxylic acids is 1. The molecule has 1 aliphatic rings. The fourth-order valence-corrected chi connectivity index (χ4v) is 2.88. The van der Waals surface area contributed by atoms with Crippen LogP contribution >= 0.6 is 0 Å². The summed E-state index contributed by atoms with van der Waals surface area (Å²) < 4.78 is 5.40. The first kappa shape index (κ1) is 16.4. The summed E-state index contributed by atoms with van der Waals surface area (Å²) in [5, 5.41) is 7.07. The van der Waals surface area contributed by atoms with Crippen molar-refractivity contribution in [1.29, 1.82) is 0 Å². The number of aromatic nitrogens is 3. The third kappa shape index (κ3) is 3.41. The third-order valence-corrected chi connectivity index (χ3v) is 4.26. The molecule has 0 aliphatic carbocycles. The van der Waals surface area contributed by atoms with Crippen LogP contribution < -0.4 is 4.90 Å². The van der Waals surface area contributed by atoms with Crippen molar-refractivity contribution in [3.8, 4) is 11.4 Å². The van der Waals surface area contributed by atoms with Gasteiger partial charge in [0.15, 0.2) is 5.82 Å². The SMILES string of the molecule is CO[C@@H]1CCCN(C(=O)c2cccc(-c3nc(N(C)C)n[nH]3)c2)C1. The van der Waals surface area contributed by atoms with Crippen molar-refractivity contribution in [3.63, 3.8) is 0 Å². The Kier molecular flexibility index (Phi) is 4.80. The van der Waals surface area contributed by atoms with E-state index in [0.717, 1.165) is 24.9 Å². The lowest BCUT2D eigenvalue weighted by Gasteiger charge is -2.32. The van der Waals surface area contributed by atoms with Crippen LogP contribution in [0.15, 0.2) is 24.3 Å². The third-order valence-electron chi connectivity index (χ3n) is 4.26. The van der Waals surface area contributed by atoms with Crippen LogP contribution in [0.5, 0.6) is 0 Å². The van der Waals surface area contributed by atoms with E-state index < -0.39 is 0 Å². The average Bonchev–Trinajstić information content (AvgIpc) is 3.12. The second kappa shape index (κ2) is 7.00. The molecule has 24 heavy (non-hydrogen) atoms. The van der Waals surface area contributed by atoms with Crippen LogP contribution in [0.25, 0.3) is 11.4 Å². The van der Waals surface area contributed by atoms with Crippen molar-refractivity contribution in [3.05, 3.63) is 29.8 Å². The average molecular weight is 329 g/mol. The molecule has 0 bridgehead atoms. The number of ether oxygens (including phenoxy) is 1. The van der Waals surface area contributed by atoms with Crippen molar-refractivity contribution in [2.45, 2.75) is 18.9 Å². The van der Waals surface area contributed by atoms with Gasteiger partial charge >= 0.3 is 0 Å². The van der Waals surface area contributed by atoms with E-state index in [1.54, 1.807) is 7.11 Å². The van der Waals surface area contributed by atoms with Gasteiger partial charge in [-0.15, -0.1) is 5.10 Å². The number of piperidine rings is 1. The maximum atomic E-state index is 12.8. The molecule has 0 radical (unpaired) electrons. The highest BCUT2D eigenvalue weighted by molar-refractivity contribution is 5.95. The highest BCUT2D eigenvalue weighted by atomic mass is 16.5. The van der Waals surface area contributed by atoms with Crippen LogP contribution in [0, 0.1) is 0 Å². The molecule has 1 fully saturated rings. The molecule has 0 unspecified atom stereocenters. The molecule has 7 nitrogen and oxygen atoms in total. The van der Waals surface area contributed by atoms with Crippen LogP contribution in [0.4, 0.5) is 5.95 Å². The Hall–Kier alpha value is -2.41. The molecule has 1 saturated heterocycles. The number of anilines is 1. The second-order valence-electron chi connectivity index (χ2n) is 6.21. The molecule has 128 valence electrons. The van der Waals surface area contributed by atoms with Gasteiger partial charge in [-0.25, -0.2) is 0 Å². The lowest BCUT2D eigenvalue weighted by atomic mass is 10.1. The van der Waals surface area contributed by atoms with E-state index in [9.17, 15) is 4.79 Å². The molecule has 1 aromatic heterocycles. The number of rotatable bonds is 4. The zero-order chi connectivity index (χ0) is 17.1. The zero-order valence-corrected chi connectivity index (χ0v) is 14.3. The summed E-state index contributed by atoms with van der Waals surface area (Å²) in [4.78, 5) is 20.9. The topological polar surface area (TPSA) is 74.3 Å². The number of benzene rings is 1. The molecule has 2 heterocycles. The molecular weight excluding hydrogens is 306 g/mol. The number of carbonyl (C=O) groups is 1. The minimum Gasteiger partial charge on any atom is -0.380 e. The summed E-state index contributed by atoms with van der Waals surface area (Å²) in [6.07, 6.45) is 2.10. The monoisotopic (exact) mass is 329 g/mol. The van der Waals surface area contributed by atoms with Crippen LogP contribution in [0.2, 0.25) is 0 Å². The quantitative estimate of drug-likeness (QED) is 0.926. The number of aromatic amines is 1. The van der Waals surface area contributed by atoms with Crippen LogP contribution in [0.3, 0.4) is 0 Å². The molecule has 1 N–H and O–H groups in total. The summed E-state index contributed by atoms with van der Waals surface area (Å²) in [7, 11) is 5.47. The van der Waals surface area contributed by atoms with Crippen molar-refractivity contribution in [1.82, 2.24) is 20.1 Å². The van der Waals surface area contributed by atoms with Gasteiger partial charge in [0.05, 0.1) is 6.10 Å². The standard InChI is InChI=1S/C17H23N5O2/c1-21(2)17-18-15(19-20-17)12-6-4-7-13(10-12)16(23)22-9-5-8-14(11-22)24-3/h4,6-7,10,14H,5,8-9,11H2,1-3H3,(H,18,19,20)/t14-/m1/s1. The van der Waals surface area contributed by atoms with Gasteiger partial charge in [0.1, 0.15) is 0 Å². The van der Waals surface area contributed by atoms with Crippen LogP contribution in [-0.4, -0.2) is 66.4 Å². The smallest absolute Gasteiger partial charge is 0.253 e. The highest BCUT2D eigenvalue weighted by Gasteiger charge is 2.24. The Labute approximate surface area is 141 Å². The summed E-state index contributed by atoms with van der Waals surface area (Å²) in [6.45, 7) is 1.42. The van der Waals surface area contributed by atoms with E-state index in [1.165, 1.54) is 0 Å². The lowest BCUT2D eigenvalue weighted by molar-refractivity contribution is 0.0269. The molecule has 1 amide bonds. The Morgan fingerprint density at radius 1 is 1.42 bits per heavy atom. The van der Waals surface area contributed by atoms with Crippen molar-refractivity contribution in [2.75, 3.05) is 39.2 Å². The molecule has 7 heteroatoms. The number of likely N-dealkylation sites (tertiary alicyclic amines) is 1. The normalized spacial score (nSPS) is 17.8. The minimum absolute atomic E-state index is 0.0333. The minimum atomic E-state index is 0.0333. The Morgan fingerprint density at radius 3 is 2.96 bits per heavy atom. The van der Waals surface area contributed by atoms with E-state index in [0.29, 0.717) is 23.9 Å². The first-order chi connectivity index (χ1) is 11.6. The molecule has 1 atom stereocenters. The highest BCUT2D eigenvalue weighted by Crippen LogP contribution is 2.21. The number of nitrogens with one attached hydrogen (secondary N) is 1. The predicted octanol–water partition coefficient (Wildman–Crippen LogP) is 1.79. The maximum absolute atomic E-state index is 12.8. The van der Waals surface area contributed by atoms with E-state index in [4.69, 9.17) is 4.74 Å². The van der Waals surface area contributed by atoms with E-state index >= 15 is 0 Å². The van der Waals surface area contributed by atoms with Crippen molar-refractivity contribution >= 4 is 11.9 Å². The Morgan fingerprint density at radius 2 is 2.25 bits per heavy atom. The fourth-order valence-electron chi connectivity index (χ4n) is 2.88. The molecule has 2 aromatic rings. The van der Waals surface area contributed by atoms with Crippen molar-refractivity contribution in [2.24, 2.45) is 0 Å². The van der Waals surface area contributed by atoms with Gasteiger partial charge in [0, 0.05) is 45.4 Å². The van der Waals surface area contributed by atoms with Gasteiger partial charge in [-0.1, -0.05) is 12.1 Å². The maximum Gasteiger partial charge on any atom is 0.253 e. The molecule has 0 spiro atoms. The summed E-state index contributed by atoms with van der Waals surface area (Å²) in [5.41, 5.74) is 1.51. The van der Waals surface area contributed by atoms with Gasteiger partial charge in [-0.2, -0.15) is 4.98 Å². The molecule has 3 rings (SSSR count). The fraction of sp³-hybridized carbons (Fsp3) is 0.471. The van der Waals surface area contributed by atoms with Gasteiger partial charge in [0.25, 0.3) is 5.91 Å². The molecule has 1 aliphatic heterocycles. The summed E-state index contributed by atoms with van der Waals surface area (Å²) in [5.74, 6) is 1.30. The molecule has 0 saturated carbocycles. The van der Waals surface area contributed by atoms with E-state index in [-0.39, 0.29) is 12.0 Å². The molecular formula is C17H23N5O2. The second-order valence-corrected chi connectivity index (χ2v) is 6.21. The van der Waals surface area contributed by atoms with E-state index in [1.807, 2.05) is 48.2 Å². The first-order valence-electron chi connectivity index (χ1n) is 8.10. The van der Waals surface area contributed by atoms with E-state index in [2.05, 4.69) is 15.2 Å². The number of hydrogen-bond donors (Lipinski definition) is 1. The van der Waals surface area contributed by atoms with Crippen LogP contribution in [-0.2, 0) is 4.74 Å². The largest absolute Gasteiger partial charge is 0.380 e. The zero-order valence-electron chi connectivity index (χ0n) is 14.3. The predicted molar refractivity (Wildman–Crippen MR) is 92.1 cm³/mol. The van der Waals surface area contributed by atoms with Gasteiger partial charge in [-0.3, -0.25) is 9.89 Å². The first-order valence-corrected chi connectivity index (χ1v) is 8.10. The number of methoxy groups -OCH3 is 1. The Balaban J connectivity index is 1.80. The number of hydrogen-bond acceptors (Lipinski definition) is 5. The molecule has 1 aromatic carbocycles. The lowest BCUT2D eigenvalue weighted by Crippen LogP contribution is -2.42. The number of nitrogens with zero attached hydrogens (tertiary/aromatic N) is 4. The summed E-state index contributed by atoms with van der Waals surface area (Å²) >= 11 is 0. The van der Waals surface area contributed by atoms with Gasteiger partial charge in [-0.05, 0) is 25.0 Å². The number of H-pyrrole nitrogens is 1. The van der Waals surface area contributed by atoms with Crippen LogP contribution in [0.1, 0.15) is 23.2 Å². The van der Waals surface area contributed by atoms with Gasteiger partial charge < -0.3 is 14.5 Å². The van der Waals surface area contributed by atoms with Crippen molar-refractivity contribution < 1.29 is 9.53 Å².